The first-order valence-corrected chi connectivity index (χ1v) is 5.67. The molecule has 0 saturated carbocycles. The van der Waals surface area contributed by atoms with Crippen molar-refractivity contribution in [2.75, 3.05) is 19.6 Å². The highest BCUT2D eigenvalue weighted by Gasteiger charge is 2.14. The largest absolute Gasteiger partial charge is 0.392 e. The molecule has 0 aromatic rings. The molecule has 0 atom stereocenters. The molecule has 0 rings (SSSR count). The standard InChI is InChI=1S/C10H21N3OS/c1-4-5-12-10(14)7-13(8(2)3)6-9(11)15/h8H,4-7H2,1-3H3,(H2,11,15)(H,12,14). The lowest BCUT2D eigenvalue weighted by Crippen LogP contribution is -2.44. The van der Waals surface area contributed by atoms with Crippen molar-refractivity contribution in [1.82, 2.24) is 10.2 Å². The summed E-state index contributed by atoms with van der Waals surface area (Å²) < 4.78 is 0. The molecule has 0 fully saturated rings. The second-order valence-electron chi connectivity index (χ2n) is 3.81. The normalized spacial score (nSPS) is 10.7. The van der Waals surface area contributed by atoms with Crippen LogP contribution in [0.25, 0.3) is 0 Å². The van der Waals surface area contributed by atoms with Crippen LogP contribution in [0.15, 0.2) is 0 Å². The molecule has 4 nitrogen and oxygen atoms in total. The van der Waals surface area contributed by atoms with Crippen molar-refractivity contribution >= 4 is 23.1 Å². The lowest BCUT2D eigenvalue weighted by Gasteiger charge is -2.24. The van der Waals surface area contributed by atoms with Crippen LogP contribution >= 0.6 is 12.2 Å². The zero-order chi connectivity index (χ0) is 11.8. The van der Waals surface area contributed by atoms with Gasteiger partial charge in [0.25, 0.3) is 0 Å². The number of nitrogens with one attached hydrogen (secondary N) is 1. The Morgan fingerprint density at radius 2 is 2.07 bits per heavy atom. The Balaban J connectivity index is 4.04. The maximum Gasteiger partial charge on any atom is 0.234 e. The van der Waals surface area contributed by atoms with Crippen LogP contribution in [0.1, 0.15) is 27.2 Å². The highest BCUT2D eigenvalue weighted by atomic mass is 32.1. The Labute approximate surface area is 97.2 Å². The third kappa shape index (κ3) is 7.27. The van der Waals surface area contributed by atoms with Crippen molar-refractivity contribution in [3.05, 3.63) is 0 Å². The number of hydrogen-bond donors (Lipinski definition) is 2. The molecule has 0 bridgehead atoms. The van der Waals surface area contributed by atoms with Gasteiger partial charge in [-0.1, -0.05) is 19.1 Å². The van der Waals surface area contributed by atoms with Crippen molar-refractivity contribution in [2.45, 2.75) is 33.2 Å². The first kappa shape index (κ1) is 14.3. The zero-order valence-electron chi connectivity index (χ0n) is 9.75. The van der Waals surface area contributed by atoms with E-state index in [1.807, 2.05) is 25.7 Å². The smallest absolute Gasteiger partial charge is 0.234 e. The average Bonchev–Trinajstić information content (AvgIpc) is 2.12. The second-order valence-corrected chi connectivity index (χ2v) is 4.34. The van der Waals surface area contributed by atoms with Gasteiger partial charge in [-0.05, 0) is 20.3 Å². The minimum Gasteiger partial charge on any atom is -0.392 e. The molecule has 0 saturated heterocycles. The van der Waals surface area contributed by atoms with E-state index in [-0.39, 0.29) is 11.9 Å². The molecule has 0 aliphatic carbocycles. The molecular weight excluding hydrogens is 210 g/mol. The number of amides is 1. The highest BCUT2D eigenvalue weighted by molar-refractivity contribution is 7.80. The third-order valence-electron chi connectivity index (χ3n) is 2.01. The molecule has 0 aliphatic heterocycles. The van der Waals surface area contributed by atoms with Gasteiger partial charge in [0.1, 0.15) is 0 Å². The second kappa shape index (κ2) is 7.59. The van der Waals surface area contributed by atoms with E-state index in [4.69, 9.17) is 18.0 Å². The van der Waals surface area contributed by atoms with Crippen LogP contribution in [-0.4, -0.2) is 41.5 Å². The van der Waals surface area contributed by atoms with Gasteiger partial charge in [-0.15, -0.1) is 0 Å². The molecule has 1 amide bonds. The van der Waals surface area contributed by atoms with E-state index in [1.54, 1.807) is 0 Å². The molecule has 0 heterocycles. The number of thiocarbonyl (C=S) groups is 1. The summed E-state index contributed by atoms with van der Waals surface area (Å²) in [5.74, 6) is 0.0294. The lowest BCUT2D eigenvalue weighted by atomic mass is 10.3. The lowest BCUT2D eigenvalue weighted by molar-refractivity contribution is -0.122. The first-order valence-electron chi connectivity index (χ1n) is 5.26. The van der Waals surface area contributed by atoms with Crippen molar-refractivity contribution in [1.29, 1.82) is 0 Å². The quantitative estimate of drug-likeness (QED) is 0.627. The summed E-state index contributed by atoms with van der Waals surface area (Å²) in [7, 11) is 0. The van der Waals surface area contributed by atoms with Gasteiger partial charge >= 0.3 is 0 Å². The van der Waals surface area contributed by atoms with Gasteiger partial charge in [0.2, 0.25) is 5.91 Å². The molecule has 0 spiro atoms. The third-order valence-corrected chi connectivity index (χ3v) is 2.14. The van der Waals surface area contributed by atoms with Crippen LogP contribution < -0.4 is 11.1 Å². The van der Waals surface area contributed by atoms with Crippen molar-refractivity contribution < 1.29 is 4.79 Å². The van der Waals surface area contributed by atoms with Crippen molar-refractivity contribution in [3.8, 4) is 0 Å². The van der Waals surface area contributed by atoms with Crippen molar-refractivity contribution in [3.63, 3.8) is 0 Å². The van der Waals surface area contributed by atoms with Gasteiger partial charge in [0, 0.05) is 19.1 Å². The van der Waals surface area contributed by atoms with Crippen molar-refractivity contribution in [2.24, 2.45) is 5.73 Å². The molecule has 0 unspecified atom stereocenters. The molecule has 0 aliphatic rings. The molecule has 0 aromatic carbocycles. The van der Waals surface area contributed by atoms with Crippen LogP contribution in [0.2, 0.25) is 0 Å². The van der Waals surface area contributed by atoms with E-state index < -0.39 is 0 Å². The Morgan fingerprint density at radius 1 is 1.47 bits per heavy atom. The predicted octanol–water partition coefficient (Wildman–Crippen LogP) is 0.509. The summed E-state index contributed by atoms with van der Waals surface area (Å²) in [6.45, 7) is 7.63. The first-order chi connectivity index (χ1) is 6.97. The Morgan fingerprint density at radius 3 is 2.47 bits per heavy atom. The van der Waals surface area contributed by atoms with Gasteiger partial charge < -0.3 is 11.1 Å². The van der Waals surface area contributed by atoms with Gasteiger partial charge in [-0.2, -0.15) is 0 Å². The Hall–Kier alpha value is -0.680. The average molecular weight is 231 g/mol. The maximum absolute atomic E-state index is 11.5. The van der Waals surface area contributed by atoms with E-state index >= 15 is 0 Å². The summed E-state index contributed by atoms with van der Waals surface area (Å²) in [6, 6.07) is 0.263. The van der Waals surface area contributed by atoms with Crippen LogP contribution in [-0.2, 0) is 4.79 Å². The van der Waals surface area contributed by atoms with E-state index in [1.165, 1.54) is 0 Å². The van der Waals surface area contributed by atoms with E-state index in [2.05, 4.69) is 5.32 Å². The molecule has 0 radical (unpaired) electrons. The minimum atomic E-state index is 0.0294. The number of carbonyl (C=O) groups is 1. The number of rotatable bonds is 7. The topological polar surface area (TPSA) is 58.4 Å². The van der Waals surface area contributed by atoms with E-state index in [0.717, 1.165) is 13.0 Å². The fourth-order valence-electron chi connectivity index (χ4n) is 1.13. The fraction of sp³-hybridized carbons (Fsp3) is 0.800. The van der Waals surface area contributed by atoms with E-state index in [0.29, 0.717) is 18.1 Å². The summed E-state index contributed by atoms with van der Waals surface area (Å²) >= 11 is 4.84. The predicted molar refractivity (Wildman–Crippen MR) is 66.8 cm³/mol. The van der Waals surface area contributed by atoms with Gasteiger partial charge in [-0.25, -0.2) is 0 Å². The maximum atomic E-state index is 11.5. The summed E-state index contributed by atoms with van der Waals surface area (Å²) in [5.41, 5.74) is 5.47. The molecule has 3 N–H and O–H groups in total. The fourth-order valence-corrected chi connectivity index (χ4v) is 1.29. The Kier molecular flexibility index (Phi) is 7.25. The molecule has 0 aromatic heterocycles. The molecule has 5 heteroatoms. The summed E-state index contributed by atoms with van der Waals surface area (Å²) in [6.07, 6.45) is 0.947. The number of nitrogens with two attached hydrogens (primary N) is 1. The number of carbonyl (C=O) groups excluding carboxylic acids is 1. The molecular formula is C10H21N3OS. The van der Waals surface area contributed by atoms with E-state index in [9.17, 15) is 4.79 Å². The van der Waals surface area contributed by atoms with Gasteiger partial charge in [-0.3, -0.25) is 9.69 Å². The summed E-state index contributed by atoms with van der Waals surface area (Å²) in [5, 5.41) is 2.83. The van der Waals surface area contributed by atoms with Crippen LogP contribution in [0.4, 0.5) is 0 Å². The number of hydrogen-bond acceptors (Lipinski definition) is 3. The summed E-state index contributed by atoms with van der Waals surface area (Å²) in [4.78, 5) is 13.8. The van der Waals surface area contributed by atoms with Gasteiger partial charge in [0.05, 0.1) is 11.5 Å². The molecule has 88 valence electrons. The van der Waals surface area contributed by atoms with Crippen LogP contribution in [0, 0.1) is 0 Å². The molecule has 15 heavy (non-hydrogen) atoms. The van der Waals surface area contributed by atoms with Crippen LogP contribution in [0.5, 0.6) is 0 Å². The number of nitrogens with zero attached hydrogens (tertiary/aromatic N) is 1. The zero-order valence-corrected chi connectivity index (χ0v) is 10.6. The Bertz CT molecular complexity index is 219. The SMILES string of the molecule is CCCNC(=O)CN(CC(N)=S)C(C)C. The van der Waals surface area contributed by atoms with Gasteiger partial charge in [0.15, 0.2) is 0 Å². The van der Waals surface area contributed by atoms with Crippen LogP contribution in [0.3, 0.4) is 0 Å². The minimum absolute atomic E-state index is 0.0294. The monoisotopic (exact) mass is 231 g/mol. The highest BCUT2D eigenvalue weighted by Crippen LogP contribution is 1.97.